The maximum Gasteiger partial charge on any atom is 0.0850 e. The van der Waals surface area contributed by atoms with Crippen LogP contribution in [0.5, 0.6) is 0 Å². The van der Waals surface area contributed by atoms with Crippen molar-refractivity contribution in [3.05, 3.63) is 16.4 Å². The molecule has 0 aliphatic carbocycles. The molecule has 1 rings (SSSR count). The molecule has 2 atom stereocenters. The van der Waals surface area contributed by atoms with E-state index in [1.807, 2.05) is 25.7 Å². The van der Waals surface area contributed by atoms with Crippen LogP contribution in [0.2, 0.25) is 5.02 Å². The number of aromatic nitrogens is 2. The zero-order valence-electron chi connectivity index (χ0n) is 13.5. The molecule has 0 spiro atoms. The van der Waals surface area contributed by atoms with Crippen LogP contribution in [0.3, 0.4) is 0 Å². The minimum Gasteiger partial charge on any atom is -0.377 e. The van der Waals surface area contributed by atoms with E-state index < -0.39 is 0 Å². The second kappa shape index (κ2) is 8.01. The van der Waals surface area contributed by atoms with Gasteiger partial charge >= 0.3 is 0 Å². The molecule has 4 nitrogen and oxygen atoms in total. The molecule has 0 aliphatic rings. The number of nitrogens with one attached hydrogen (secondary N) is 1. The van der Waals surface area contributed by atoms with Crippen molar-refractivity contribution in [2.45, 2.75) is 52.7 Å². The van der Waals surface area contributed by atoms with Crippen molar-refractivity contribution in [1.29, 1.82) is 0 Å². The Balaban J connectivity index is 2.95. The van der Waals surface area contributed by atoms with Crippen molar-refractivity contribution in [3.63, 3.8) is 0 Å². The molecule has 0 aliphatic heterocycles. The number of halogens is 1. The summed E-state index contributed by atoms with van der Waals surface area (Å²) >= 11 is 6.44. The Morgan fingerprint density at radius 3 is 2.40 bits per heavy atom. The molecule has 1 aromatic rings. The smallest absolute Gasteiger partial charge is 0.0850 e. The van der Waals surface area contributed by atoms with Crippen LogP contribution in [-0.2, 0) is 24.6 Å². The van der Waals surface area contributed by atoms with Gasteiger partial charge in [0.15, 0.2) is 0 Å². The average molecular weight is 302 g/mol. The van der Waals surface area contributed by atoms with E-state index in [9.17, 15) is 0 Å². The Kier molecular flexibility index (Phi) is 7.00. The lowest BCUT2D eigenvalue weighted by Gasteiger charge is -2.30. The van der Waals surface area contributed by atoms with Gasteiger partial charge < -0.3 is 10.1 Å². The molecule has 0 saturated carbocycles. The zero-order valence-corrected chi connectivity index (χ0v) is 14.3. The third-order valence-electron chi connectivity index (χ3n) is 3.70. The lowest BCUT2D eigenvalue weighted by atomic mass is 9.95. The van der Waals surface area contributed by atoms with E-state index >= 15 is 0 Å². The summed E-state index contributed by atoms with van der Waals surface area (Å²) in [5.74, 6) is 0.449. The molecule has 20 heavy (non-hydrogen) atoms. The van der Waals surface area contributed by atoms with Gasteiger partial charge in [0.2, 0.25) is 0 Å². The lowest BCUT2D eigenvalue weighted by molar-refractivity contribution is 0.00497. The number of aryl methyl sites for hydroxylation is 2. The number of nitrogens with zero attached hydrogens (tertiary/aromatic N) is 2. The fraction of sp³-hybridized carbons (Fsp3) is 0.800. The molecule has 0 radical (unpaired) electrons. The van der Waals surface area contributed by atoms with Gasteiger partial charge in [-0.2, -0.15) is 5.10 Å². The Labute approximate surface area is 127 Å². The van der Waals surface area contributed by atoms with Crippen molar-refractivity contribution in [3.8, 4) is 0 Å². The first kappa shape index (κ1) is 17.5. The van der Waals surface area contributed by atoms with Gasteiger partial charge in [0, 0.05) is 26.1 Å². The van der Waals surface area contributed by atoms with Gasteiger partial charge in [0.05, 0.1) is 22.5 Å². The molecule has 0 aromatic carbocycles. The van der Waals surface area contributed by atoms with E-state index in [0.29, 0.717) is 5.92 Å². The Bertz CT molecular complexity index is 417. The molecular weight excluding hydrogens is 274 g/mol. The first-order valence-electron chi connectivity index (χ1n) is 7.45. The van der Waals surface area contributed by atoms with Crippen LogP contribution >= 0.6 is 11.6 Å². The van der Waals surface area contributed by atoms with Crippen LogP contribution in [0.25, 0.3) is 0 Å². The number of rotatable bonds is 8. The summed E-state index contributed by atoms with van der Waals surface area (Å²) in [7, 11) is 3.93. The third kappa shape index (κ3) is 3.96. The van der Waals surface area contributed by atoms with Crippen molar-refractivity contribution < 1.29 is 4.74 Å². The predicted molar refractivity (Wildman–Crippen MR) is 84.4 cm³/mol. The Morgan fingerprint density at radius 2 is 2.00 bits per heavy atom. The van der Waals surface area contributed by atoms with Crippen LogP contribution in [0.4, 0.5) is 0 Å². The fourth-order valence-electron chi connectivity index (χ4n) is 2.60. The molecule has 2 unspecified atom stereocenters. The largest absolute Gasteiger partial charge is 0.377 e. The second-order valence-corrected chi connectivity index (χ2v) is 5.83. The van der Waals surface area contributed by atoms with E-state index in [1.165, 1.54) is 0 Å². The van der Waals surface area contributed by atoms with E-state index in [2.05, 4.69) is 31.2 Å². The number of ether oxygens (including phenoxy) is 1. The maximum absolute atomic E-state index is 6.44. The van der Waals surface area contributed by atoms with Gasteiger partial charge in [-0.15, -0.1) is 0 Å². The van der Waals surface area contributed by atoms with Gasteiger partial charge in [-0.25, -0.2) is 0 Å². The monoisotopic (exact) mass is 301 g/mol. The first-order chi connectivity index (χ1) is 9.46. The molecular formula is C15H28ClN3O. The summed E-state index contributed by atoms with van der Waals surface area (Å²) in [5, 5.41) is 8.66. The first-order valence-corrected chi connectivity index (χ1v) is 7.83. The Hall–Kier alpha value is -0.580. The van der Waals surface area contributed by atoms with Gasteiger partial charge in [0.1, 0.15) is 0 Å². The molecule has 0 amide bonds. The average Bonchev–Trinajstić information content (AvgIpc) is 2.68. The van der Waals surface area contributed by atoms with Crippen LogP contribution in [0.1, 0.15) is 39.1 Å². The molecule has 0 fully saturated rings. The quantitative estimate of drug-likeness (QED) is 0.802. The van der Waals surface area contributed by atoms with Crippen molar-refractivity contribution in [1.82, 2.24) is 15.1 Å². The molecule has 5 heteroatoms. The maximum atomic E-state index is 6.44. The molecule has 0 saturated heterocycles. The number of hydrogen-bond acceptors (Lipinski definition) is 3. The van der Waals surface area contributed by atoms with Gasteiger partial charge in [-0.05, 0) is 26.3 Å². The highest BCUT2D eigenvalue weighted by atomic mass is 35.5. The summed E-state index contributed by atoms with van der Waals surface area (Å²) in [6, 6.07) is 0.229. The standard InChI is InChI=1S/C15H28ClN3O/c1-7-11-14(16)13(19(6)18-11)9-12(17-5)15(10(3)4)20-8-2/h10,12,15,17H,7-9H2,1-6H3. The molecule has 116 valence electrons. The second-order valence-electron chi connectivity index (χ2n) is 5.45. The van der Waals surface area contributed by atoms with Crippen LogP contribution in [0, 0.1) is 5.92 Å². The van der Waals surface area contributed by atoms with E-state index in [-0.39, 0.29) is 12.1 Å². The third-order valence-corrected chi connectivity index (χ3v) is 4.14. The van der Waals surface area contributed by atoms with Gasteiger partial charge in [0.25, 0.3) is 0 Å². The van der Waals surface area contributed by atoms with Crippen molar-refractivity contribution in [2.75, 3.05) is 13.7 Å². The minimum absolute atomic E-state index is 0.168. The molecule has 1 heterocycles. The van der Waals surface area contributed by atoms with Gasteiger partial charge in [-0.1, -0.05) is 32.4 Å². The molecule has 1 N–H and O–H groups in total. The van der Waals surface area contributed by atoms with Crippen LogP contribution in [0.15, 0.2) is 0 Å². The molecule has 1 aromatic heterocycles. The van der Waals surface area contributed by atoms with Crippen LogP contribution in [-0.4, -0.2) is 35.6 Å². The highest BCUT2D eigenvalue weighted by Gasteiger charge is 2.26. The van der Waals surface area contributed by atoms with Gasteiger partial charge in [-0.3, -0.25) is 4.68 Å². The SMILES string of the molecule is CCOC(C(C)C)C(Cc1c(Cl)c(CC)nn1C)NC. The number of likely N-dealkylation sites (N-methyl/N-ethyl adjacent to an activating group) is 1. The Morgan fingerprint density at radius 1 is 1.35 bits per heavy atom. The fourth-order valence-corrected chi connectivity index (χ4v) is 2.97. The zero-order chi connectivity index (χ0) is 15.3. The van der Waals surface area contributed by atoms with E-state index in [0.717, 1.165) is 35.9 Å². The lowest BCUT2D eigenvalue weighted by Crippen LogP contribution is -2.44. The number of hydrogen-bond donors (Lipinski definition) is 1. The minimum atomic E-state index is 0.168. The summed E-state index contributed by atoms with van der Waals surface area (Å²) in [6.45, 7) is 9.21. The van der Waals surface area contributed by atoms with E-state index in [1.54, 1.807) is 0 Å². The van der Waals surface area contributed by atoms with Crippen molar-refractivity contribution in [2.24, 2.45) is 13.0 Å². The van der Waals surface area contributed by atoms with Crippen molar-refractivity contribution >= 4 is 11.6 Å². The summed E-state index contributed by atoms with van der Waals surface area (Å²) in [5.41, 5.74) is 2.05. The van der Waals surface area contributed by atoms with Crippen LogP contribution < -0.4 is 5.32 Å². The van der Waals surface area contributed by atoms with E-state index in [4.69, 9.17) is 16.3 Å². The molecule has 0 bridgehead atoms. The highest BCUT2D eigenvalue weighted by molar-refractivity contribution is 6.31. The summed E-state index contributed by atoms with van der Waals surface area (Å²) < 4.78 is 7.80. The topological polar surface area (TPSA) is 39.1 Å². The summed E-state index contributed by atoms with van der Waals surface area (Å²) in [4.78, 5) is 0. The normalized spacial score (nSPS) is 14.8. The predicted octanol–water partition coefficient (Wildman–Crippen LogP) is 2.83. The highest BCUT2D eigenvalue weighted by Crippen LogP contribution is 2.24. The summed E-state index contributed by atoms with van der Waals surface area (Å²) in [6.07, 6.45) is 1.85.